The van der Waals surface area contributed by atoms with Crippen LogP contribution >= 0.6 is 0 Å². The van der Waals surface area contributed by atoms with Gasteiger partial charge in [0.25, 0.3) is 0 Å². The van der Waals surface area contributed by atoms with Crippen LogP contribution in [0.25, 0.3) is 0 Å². The molecule has 1 fully saturated rings. The highest BCUT2D eigenvalue weighted by atomic mass is 16.7. The number of Topliss-reactive ketones (excluding diaryl/α,β-unsaturated/α-hetero) is 2. The second-order valence-corrected chi connectivity index (χ2v) is 9.69. The predicted octanol–water partition coefficient (Wildman–Crippen LogP) is 0.594. The van der Waals surface area contributed by atoms with Gasteiger partial charge in [0.15, 0.2) is 11.6 Å². The Bertz CT molecular complexity index is 1310. The zero-order valence-electron chi connectivity index (χ0n) is 20.2. The van der Waals surface area contributed by atoms with Crippen LogP contribution in [0.5, 0.6) is 5.75 Å². The van der Waals surface area contributed by atoms with E-state index in [4.69, 9.17) is 9.47 Å². The van der Waals surface area contributed by atoms with Gasteiger partial charge in [0.05, 0.1) is 30.6 Å². The van der Waals surface area contributed by atoms with Crippen LogP contribution in [0, 0.1) is 11.8 Å². The highest BCUT2D eigenvalue weighted by Crippen LogP contribution is 2.42. The molecule has 0 bridgehead atoms. The molecule has 2 aliphatic carbocycles. The summed E-state index contributed by atoms with van der Waals surface area (Å²) in [6.07, 6.45) is -4.21. The molecule has 200 valence electrons. The van der Waals surface area contributed by atoms with E-state index in [0.717, 1.165) is 11.1 Å². The quantitative estimate of drug-likeness (QED) is 0.314. The normalized spacial score (nSPS) is 30.7. The number of benzene rings is 2. The molecule has 0 unspecified atom stereocenters. The first kappa shape index (κ1) is 26.2. The van der Waals surface area contributed by atoms with Crippen LogP contribution in [0.1, 0.15) is 31.8 Å². The summed E-state index contributed by atoms with van der Waals surface area (Å²) < 4.78 is 11.1. The van der Waals surface area contributed by atoms with Gasteiger partial charge in [0.1, 0.15) is 35.9 Å². The lowest BCUT2D eigenvalue weighted by atomic mass is 9.70. The summed E-state index contributed by atoms with van der Waals surface area (Å²) in [5.41, 5.74) is 2.23. The number of fused-ring (bicyclic) bond motifs is 2. The van der Waals surface area contributed by atoms with Gasteiger partial charge in [-0.05, 0) is 35.3 Å². The number of ether oxygens (including phenoxy) is 2. The SMILES string of the molecule is O=C1c2c(O[C@H]3O[C@H](CO)[C@@H](O)[C@H](O)[C@H]3O)cccc2C(=O)[C@@H]2C=C(Cc3cccc(CO)c3)C=C(O)[C@@H]12. The molecule has 0 radical (unpaired) electrons. The van der Waals surface area contributed by atoms with Crippen LogP contribution in [0.3, 0.4) is 0 Å². The van der Waals surface area contributed by atoms with E-state index < -0.39 is 60.7 Å². The van der Waals surface area contributed by atoms with Gasteiger partial charge >= 0.3 is 0 Å². The van der Waals surface area contributed by atoms with Crippen LogP contribution in [-0.4, -0.2) is 79.5 Å². The molecule has 2 aromatic rings. The summed E-state index contributed by atoms with van der Waals surface area (Å²) >= 11 is 0. The number of rotatable bonds is 6. The average Bonchev–Trinajstić information content (AvgIpc) is 2.91. The highest BCUT2D eigenvalue weighted by Gasteiger charge is 2.48. The van der Waals surface area contributed by atoms with E-state index in [9.17, 15) is 40.2 Å². The molecule has 0 saturated carbocycles. The van der Waals surface area contributed by atoms with Gasteiger partial charge in [-0.25, -0.2) is 0 Å². The molecule has 0 aromatic heterocycles. The molecule has 1 aliphatic heterocycles. The van der Waals surface area contributed by atoms with Crippen LogP contribution in [0.2, 0.25) is 0 Å². The van der Waals surface area contributed by atoms with E-state index in [1.165, 1.54) is 24.3 Å². The molecule has 38 heavy (non-hydrogen) atoms. The van der Waals surface area contributed by atoms with Crippen molar-refractivity contribution in [3.05, 3.63) is 88.2 Å². The summed E-state index contributed by atoms with van der Waals surface area (Å²) in [5, 5.41) is 60.1. The number of aliphatic hydroxyl groups is 6. The number of carbonyl (C=O) groups excluding carboxylic acids is 2. The monoisotopic (exact) mass is 524 g/mol. The first-order valence-electron chi connectivity index (χ1n) is 12.2. The molecule has 0 amide bonds. The molecule has 2 aromatic carbocycles. The maximum atomic E-state index is 13.6. The third-order valence-electron chi connectivity index (χ3n) is 7.20. The van der Waals surface area contributed by atoms with Crippen molar-refractivity contribution < 1.29 is 49.7 Å². The Labute approximate surface area is 217 Å². The Morgan fingerprint density at radius 1 is 0.895 bits per heavy atom. The lowest BCUT2D eigenvalue weighted by Crippen LogP contribution is -2.60. The molecular formula is C28H28O10. The molecule has 10 heteroatoms. The van der Waals surface area contributed by atoms with Crippen molar-refractivity contribution in [3.63, 3.8) is 0 Å². The molecule has 6 N–H and O–H groups in total. The maximum Gasteiger partial charge on any atom is 0.229 e. The lowest BCUT2D eigenvalue weighted by Gasteiger charge is -2.40. The standard InChI is InChI=1S/C28H28O10/c29-11-14-4-1-3-13(7-14)8-15-9-17-21(18(31)10-15)25(34)22-16(23(17)32)5-2-6-19(22)37-28-27(36)26(35)24(33)20(12-30)38-28/h1-7,9-10,17,20-21,24,26-31,33,35-36H,8,11-12H2/t17-,20-,21+,24-,26+,27-,28+/m1/s1. The van der Waals surface area contributed by atoms with E-state index in [-0.39, 0.29) is 29.2 Å². The Morgan fingerprint density at radius 3 is 2.37 bits per heavy atom. The lowest BCUT2D eigenvalue weighted by molar-refractivity contribution is -0.277. The van der Waals surface area contributed by atoms with Gasteiger partial charge in [-0.2, -0.15) is 0 Å². The summed E-state index contributed by atoms with van der Waals surface area (Å²) in [6.45, 7) is -0.771. The Kier molecular flexibility index (Phi) is 7.19. The largest absolute Gasteiger partial charge is 0.511 e. The molecule has 7 atom stereocenters. The van der Waals surface area contributed by atoms with Crippen molar-refractivity contribution in [3.8, 4) is 5.75 Å². The van der Waals surface area contributed by atoms with Crippen LogP contribution < -0.4 is 4.74 Å². The van der Waals surface area contributed by atoms with Gasteiger partial charge in [-0.1, -0.05) is 42.5 Å². The maximum absolute atomic E-state index is 13.6. The molecule has 3 aliphatic rings. The summed E-state index contributed by atoms with van der Waals surface area (Å²) in [4.78, 5) is 27.1. The van der Waals surface area contributed by atoms with E-state index in [1.807, 2.05) is 12.1 Å². The minimum Gasteiger partial charge on any atom is -0.511 e. The first-order chi connectivity index (χ1) is 18.2. The predicted molar refractivity (Wildman–Crippen MR) is 131 cm³/mol. The Balaban J connectivity index is 1.45. The van der Waals surface area contributed by atoms with Gasteiger partial charge in [0, 0.05) is 5.56 Å². The van der Waals surface area contributed by atoms with Gasteiger partial charge in [-0.3, -0.25) is 9.59 Å². The van der Waals surface area contributed by atoms with Crippen molar-refractivity contribution in [1.82, 2.24) is 0 Å². The van der Waals surface area contributed by atoms with Crippen molar-refractivity contribution in [2.24, 2.45) is 11.8 Å². The van der Waals surface area contributed by atoms with Crippen LogP contribution in [0.4, 0.5) is 0 Å². The molecule has 0 spiro atoms. The third kappa shape index (κ3) is 4.55. The first-order valence-corrected chi connectivity index (χ1v) is 12.2. The molecule has 10 nitrogen and oxygen atoms in total. The van der Waals surface area contributed by atoms with E-state index in [0.29, 0.717) is 12.0 Å². The number of hydrogen-bond acceptors (Lipinski definition) is 10. The van der Waals surface area contributed by atoms with Gasteiger partial charge in [0.2, 0.25) is 6.29 Å². The van der Waals surface area contributed by atoms with Gasteiger partial charge < -0.3 is 40.1 Å². The number of allylic oxidation sites excluding steroid dienone is 4. The number of hydrogen-bond donors (Lipinski definition) is 6. The molecule has 1 saturated heterocycles. The Morgan fingerprint density at radius 2 is 1.63 bits per heavy atom. The van der Waals surface area contributed by atoms with Crippen molar-refractivity contribution >= 4 is 11.6 Å². The second-order valence-electron chi connectivity index (χ2n) is 9.69. The van der Waals surface area contributed by atoms with Crippen LogP contribution in [0.15, 0.2) is 65.9 Å². The Hall–Kier alpha value is -3.38. The number of ketones is 2. The molecule has 1 heterocycles. The summed E-state index contributed by atoms with van der Waals surface area (Å²) in [7, 11) is 0. The minimum atomic E-state index is -1.70. The molecule has 5 rings (SSSR count). The van der Waals surface area contributed by atoms with Crippen molar-refractivity contribution in [2.45, 2.75) is 43.7 Å². The average molecular weight is 525 g/mol. The fraction of sp³-hybridized carbons (Fsp3) is 0.357. The summed E-state index contributed by atoms with van der Waals surface area (Å²) in [6, 6.07) is 11.6. The fourth-order valence-electron chi connectivity index (χ4n) is 5.26. The zero-order chi connectivity index (χ0) is 27.1. The molecular weight excluding hydrogens is 496 g/mol. The highest BCUT2D eigenvalue weighted by molar-refractivity contribution is 6.19. The summed E-state index contributed by atoms with van der Waals surface area (Å²) in [5.74, 6) is -3.42. The van der Waals surface area contributed by atoms with E-state index in [2.05, 4.69) is 0 Å². The van der Waals surface area contributed by atoms with Crippen molar-refractivity contribution in [2.75, 3.05) is 6.61 Å². The number of aliphatic hydroxyl groups excluding tert-OH is 6. The van der Waals surface area contributed by atoms with Crippen LogP contribution in [-0.2, 0) is 17.8 Å². The number of carbonyl (C=O) groups is 2. The van der Waals surface area contributed by atoms with Crippen molar-refractivity contribution in [1.29, 1.82) is 0 Å². The smallest absolute Gasteiger partial charge is 0.229 e. The minimum absolute atomic E-state index is 0.0749. The van der Waals surface area contributed by atoms with Gasteiger partial charge in [-0.15, -0.1) is 0 Å². The topological polar surface area (TPSA) is 174 Å². The third-order valence-corrected chi connectivity index (χ3v) is 7.20. The second kappa shape index (κ2) is 10.4. The van der Waals surface area contributed by atoms with E-state index >= 15 is 0 Å². The van der Waals surface area contributed by atoms with E-state index in [1.54, 1.807) is 18.2 Å². The zero-order valence-corrected chi connectivity index (χ0v) is 20.2. The fourth-order valence-corrected chi connectivity index (χ4v) is 5.26.